The Morgan fingerprint density at radius 1 is 1.00 bits per heavy atom. The minimum absolute atomic E-state index is 0.0850. The molecule has 0 aromatic heterocycles. The van der Waals surface area contributed by atoms with Crippen LogP contribution < -0.4 is 10.6 Å². The molecule has 4 heteroatoms. The molecule has 0 unspecified atom stereocenters. The smallest absolute Gasteiger partial charge is 0.247 e. The lowest BCUT2D eigenvalue weighted by Gasteiger charge is -2.07. The zero-order valence-electron chi connectivity index (χ0n) is 11.0. The fraction of sp³-hybridized carbons (Fsp3) is 0.692. The molecule has 2 amide bonds. The van der Waals surface area contributed by atoms with Crippen LogP contribution in [0.4, 0.5) is 0 Å². The van der Waals surface area contributed by atoms with E-state index in [1.807, 2.05) is 0 Å². The first-order valence-electron chi connectivity index (χ1n) is 6.34. The summed E-state index contributed by atoms with van der Waals surface area (Å²) in [5, 5.41) is 5.49. The zero-order chi connectivity index (χ0) is 13.1. The van der Waals surface area contributed by atoms with E-state index in [0.29, 0.717) is 18.7 Å². The summed E-state index contributed by atoms with van der Waals surface area (Å²) in [6.45, 7) is 9.06. The summed E-state index contributed by atoms with van der Waals surface area (Å²) in [7, 11) is 0. The lowest BCUT2D eigenvalue weighted by molar-refractivity contribution is -0.123. The Morgan fingerprint density at radius 3 is 2.06 bits per heavy atom. The standard InChI is InChI=1S/C13H24N2O2/c1-4-6-8-14-12(16)10-11(3)13(17)15-9-7-5-2/h3-10H2,1-2H3,(H,14,16)(H,15,17). The Labute approximate surface area is 104 Å². The highest BCUT2D eigenvalue weighted by molar-refractivity contribution is 5.98. The van der Waals surface area contributed by atoms with Gasteiger partial charge in [0, 0.05) is 18.7 Å². The summed E-state index contributed by atoms with van der Waals surface area (Å²) >= 11 is 0. The zero-order valence-corrected chi connectivity index (χ0v) is 11.0. The van der Waals surface area contributed by atoms with Gasteiger partial charge in [0.1, 0.15) is 0 Å². The van der Waals surface area contributed by atoms with E-state index in [1.165, 1.54) is 0 Å². The molecule has 98 valence electrons. The van der Waals surface area contributed by atoms with Crippen molar-refractivity contribution in [2.75, 3.05) is 13.1 Å². The quantitative estimate of drug-likeness (QED) is 0.476. The van der Waals surface area contributed by atoms with Crippen LogP contribution in [0.1, 0.15) is 46.0 Å². The van der Waals surface area contributed by atoms with E-state index >= 15 is 0 Å². The molecule has 0 heterocycles. The number of carbonyl (C=O) groups excluding carboxylic acids is 2. The van der Waals surface area contributed by atoms with Gasteiger partial charge < -0.3 is 10.6 Å². The van der Waals surface area contributed by atoms with Gasteiger partial charge in [-0.1, -0.05) is 33.3 Å². The predicted octanol–water partition coefficient (Wildman–Crippen LogP) is 1.77. The molecular formula is C13H24N2O2. The van der Waals surface area contributed by atoms with Crippen molar-refractivity contribution >= 4 is 11.8 Å². The minimum Gasteiger partial charge on any atom is -0.356 e. The Bertz CT molecular complexity index is 262. The summed E-state index contributed by atoms with van der Waals surface area (Å²) in [6.07, 6.45) is 4.06. The normalized spacial score (nSPS) is 9.76. The summed E-state index contributed by atoms with van der Waals surface area (Å²) in [5.41, 5.74) is 0.329. The summed E-state index contributed by atoms with van der Waals surface area (Å²) in [4.78, 5) is 22.9. The third kappa shape index (κ3) is 8.48. The van der Waals surface area contributed by atoms with E-state index < -0.39 is 0 Å². The van der Waals surface area contributed by atoms with Gasteiger partial charge in [-0.15, -0.1) is 0 Å². The number of amides is 2. The first-order valence-corrected chi connectivity index (χ1v) is 6.34. The molecule has 4 nitrogen and oxygen atoms in total. The monoisotopic (exact) mass is 240 g/mol. The summed E-state index contributed by atoms with van der Waals surface area (Å²) < 4.78 is 0. The lowest BCUT2D eigenvalue weighted by atomic mass is 10.2. The van der Waals surface area contributed by atoms with Gasteiger partial charge in [-0.2, -0.15) is 0 Å². The molecule has 0 saturated carbocycles. The minimum atomic E-state index is -0.218. The van der Waals surface area contributed by atoms with E-state index in [2.05, 4.69) is 31.1 Å². The van der Waals surface area contributed by atoms with Gasteiger partial charge in [0.25, 0.3) is 0 Å². The number of unbranched alkanes of at least 4 members (excludes halogenated alkanes) is 2. The molecule has 0 aliphatic heterocycles. The van der Waals surface area contributed by atoms with Gasteiger partial charge in [0.2, 0.25) is 11.8 Å². The van der Waals surface area contributed by atoms with Crippen LogP contribution in [-0.2, 0) is 9.59 Å². The molecule has 0 bridgehead atoms. The summed E-state index contributed by atoms with van der Waals surface area (Å²) in [6, 6.07) is 0. The van der Waals surface area contributed by atoms with Crippen LogP contribution in [-0.4, -0.2) is 24.9 Å². The largest absolute Gasteiger partial charge is 0.356 e. The molecule has 0 rings (SSSR count). The molecule has 2 N–H and O–H groups in total. The second kappa shape index (κ2) is 9.87. The highest BCUT2D eigenvalue weighted by Gasteiger charge is 2.10. The number of rotatable bonds is 9. The van der Waals surface area contributed by atoms with Gasteiger partial charge in [-0.05, 0) is 12.8 Å². The maximum atomic E-state index is 11.5. The molecular weight excluding hydrogens is 216 g/mol. The highest BCUT2D eigenvalue weighted by Crippen LogP contribution is 1.98. The molecule has 0 aromatic carbocycles. The van der Waals surface area contributed by atoms with Gasteiger partial charge in [0.05, 0.1) is 6.42 Å². The maximum absolute atomic E-state index is 11.5. The SMILES string of the molecule is C=C(CC(=O)NCCCC)C(=O)NCCCC. The van der Waals surface area contributed by atoms with Crippen LogP contribution in [0.2, 0.25) is 0 Å². The highest BCUT2D eigenvalue weighted by atomic mass is 16.2. The number of hydrogen-bond donors (Lipinski definition) is 2. The Balaban J connectivity index is 3.75. The second-order valence-electron chi connectivity index (χ2n) is 4.09. The van der Waals surface area contributed by atoms with Crippen molar-refractivity contribution in [2.24, 2.45) is 0 Å². The molecule has 0 radical (unpaired) electrons. The van der Waals surface area contributed by atoms with Crippen LogP contribution in [0.15, 0.2) is 12.2 Å². The first-order chi connectivity index (χ1) is 8.11. The predicted molar refractivity (Wildman–Crippen MR) is 69.6 cm³/mol. The van der Waals surface area contributed by atoms with Crippen molar-refractivity contribution in [3.05, 3.63) is 12.2 Å². The van der Waals surface area contributed by atoms with E-state index in [1.54, 1.807) is 0 Å². The number of carbonyl (C=O) groups is 2. The van der Waals surface area contributed by atoms with Crippen molar-refractivity contribution in [3.8, 4) is 0 Å². The van der Waals surface area contributed by atoms with Crippen LogP contribution in [0.3, 0.4) is 0 Å². The van der Waals surface area contributed by atoms with Crippen molar-refractivity contribution in [2.45, 2.75) is 46.0 Å². The molecule has 0 atom stereocenters. The van der Waals surface area contributed by atoms with Crippen LogP contribution >= 0.6 is 0 Å². The van der Waals surface area contributed by atoms with E-state index in [0.717, 1.165) is 25.7 Å². The van der Waals surface area contributed by atoms with Crippen molar-refractivity contribution < 1.29 is 9.59 Å². The molecule has 17 heavy (non-hydrogen) atoms. The average Bonchev–Trinajstić information content (AvgIpc) is 2.29. The summed E-state index contributed by atoms with van der Waals surface area (Å²) in [5.74, 6) is -0.349. The second-order valence-corrected chi connectivity index (χ2v) is 4.09. The average molecular weight is 240 g/mol. The van der Waals surface area contributed by atoms with Crippen LogP contribution in [0.25, 0.3) is 0 Å². The number of nitrogens with one attached hydrogen (secondary N) is 2. The molecule has 0 aliphatic carbocycles. The third-order valence-electron chi connectivity index (χ3n) is 2.36. The molecule has 0 fully saturated rings. The Kier molecular flexibility index (Phi) is 9.11. The number of hydrogen-bond acceptors (Lipinski definition) is 2. The van der Waals surface area contributed by atoms with E-state index in [9.17, 15) is 9.59 Å². The van der Waals surface area contributed by atoms with Crippen molar-refractivity contribution in [3.63, 3.8) is 0 Å². The van der Waals surface area contributed by atoms with Crippen molar-refractivity contribution in [1.82, 2.24) is 10.6 Å². The van der Waals surface area contributed by atoms with Crippen LogP contribution in [0, 0.1) is 0 Å². The molecule has 0 aromatic rings. The fourth-order valence-electron chi connectivity index (χ4n) is 1.24. The Hall–Kier alpha value is -1.32. The fourth-order valence-corrected chi connectivity index (χ4v) is 1.24. The maximum Gasteiger partial charge on any atom is 0.247 e. The molecule has 0 aliphatic rings. The lowest BCUT2D eigenvalue weighted by Crippen LogP contribution is -2.30. The topological polar surface area (TPSA) is 58.2 Å². The Morgan fingerprint density at radius 2 is 1.53 bits per heavy atom. The van der Waals surface area contributed by atoms with Crippen molar-refractivity contribution in [1.29, 1.82) is 0 Å². The third-order valence-corrected chi connectivity index (χ3v) is 2.36. The molecule has 0 spiro atoms. The van der Waals surface area contributed by atoms with Gasteiger partial charge in [-0.25, -0.2) is 0 Å². The van der Waals surface area contributed by atoms with Crippen LogP contribution in [0.5, 0.6) is 0 Å². The van der Waals surface area contributed by atoms with Gasteiger partial charge >= 0.3 is 0 Å². The van der Waals surface area contributed by atoms with Gasteiger partial charge in [0.15, 0.2) is 0 Å². The van der Waals surface area contributed by atoms with E-state index in [4.69, 9.17) is 0 Å². The molecule has 0 saturated heterocycles. The van der Waals surface area contributed by atoms with E-state index in [-0.39, 0.29) is 18.2 Å². The van der Waals surface area contributed by atoms with Gasteiger partial charge in [-0.3, -0.25) is 9.59 Å². The first kappa shape index (κ1) is 15.7.